The maximum atomic E-state index is 12.3. The Bertz CT molecular complexity index is 1160. The summed E-state index contributed by atoms with van der Waals surface area (Å²) in [5, 5.41) is 26.0. The summed E-state index contributed by atoms with van der Waals surface area (Å²) < 4.78 is 31.7. The molecule has 2 unspecified atom stereocenters. The van der Waals surface area contributed by atoms with Crippen LogP contribution in [0.2, 0.25) is 0 Å². The number of carbonyl (C=O) groups is 3. The summed E-state index contributed by atoms with van der Waals surface area (Å²) >= 11 is 0. The molecule has 2 fully saturated rings. The van der Waals surface area contributed by atoms with Gasteiger partial charge in [0.2, 0.25) is 11.8 Å². The predicted molar refractivity (Wildman–Crippen MR) is 140 cm³/mol. The van der Waals surface area contributed by atoms with E-state index in [1.807, 2.05) is 24.3 Å². The molecule has 5 N–H and O–H groups in total. The Kier molecular flexibility index (Phi) is 10.5. The van der Waals surface area contributed by atoms with Crippen LogP contribution in [0.3, 0.4) is 0 Å². The second-order valence-corrected chi connectivity index (χ2v) is 10.0. The molecular formula is C28H34F3N3O6. The first-order chi connectivity index (χ1) is 18.9. The maximum Gasteiger partial charge on any atom is 0.490 e. The largest absolute Gasteiger partial charge is 0.508 e. The van der Waals surface area contributed by atoms with Gasteiger partial charge in [0.25, 0.3) is 0 Å². The minimum atomic E-state index is -5.08. The number of halogens is 3. The minimum Gasteiger partial charge on any atom is -0.508 e. The number of aliphatic hydroxyl groups excluding tert-OH is 1. The van der Waals surface area contributed by atoms with Gasteiger partial charge in [-0.1, -0.05) is 24.3 Å². The average molecular weight is 566 g/mol. The molecule has 40 heavy (non-hydrogen) atoms. The number of hydrogen-bond acceptors (Lipinski definition) is 6. The zero-order valence-corrected chi connectivity index (χ0v) is 21.9. The quantitative estimate of drug-likeness (QED) is 0.366. The third-order valence-electron chi connectivity index (χ3n) is 7.49. The van der Waals surface area contributed by atoms with E-state index in [0.29, 0.717) is 43.1 Å². The van der Waals surface area contributed by atoms with Gasteiger partial charge in [-0.2, -0.15) is 13.2 Å². The number of phenolic OH excluding ortho intramolecular Hbond substituents is 1. The monoisotopic (exact) mass is 565 g/mol. The van der Waals surface area contributed by atoms with Crippen molar-refractivity contribution in [3.8, 4) is 5.75 Å². The zero-order chi connectivity index (χ0) is 29.4. The molecule has 2 atom stereocenters. The van der Waals surface area contributed by atoms with Gasteiger partial charge >= 0.3 is 12.1 Å². The number of benzene rings is 2. The number of nitrogens with zero attached hydrogens (tertiary/aromatic N) is 2. The summed E-state index contributed by atoms with van der Waals surface area (Å²) in [5.74, 6) is -2.75. The van der Waals surface area contributed by atoms with Gasteiger partial charge in [-0.05, 0) is 73.4 Å². The van der Waals surface area contributed by atoms with Crippen molar-refractivity contribution < 1.29 is 42.9 Å². The number of hydrogen-bond donors (Lipinski definition) is 4. The fourth-order valence-corrected chi connectivity index (χ4v) is 5.48. The Balaban J connectivity index is 0.000000559. The van der Waals surface area contributed by atoms with E-state index in [2.05, 4.69) is 11.0 Å². The number of nitrogens with two attached hydrogens (primary N) is 1. The second-order valence-electron chi connectivity index (χ2n) is 10.0. The SMILES string of the molecule is NC(=O)c1cccc(C2CC3CCC(C2)N3CCN(CCc2ccc(O)cc2)C(=O)CO)c1.O=C(O)C(F)(F)F. The summed E-state index contributed by atoms with van der Waals surface area (Å²) in [7, 11) is 0. The van der Waals surface area contributed by atoms with E-state index >= 15 is 0 Å². The van der Waals surface area contributed by atoms with Gasteiger partial charge in [-0.15, -0.1) is 0 Å². The highest BCUT2D eigenvalue weighted by Gasteiger charge is 2.41. The van der Waals surface area contributed by atoms with Crippen LogP contribution in [0.15, 0.2) is 48.5 Å². The standard InChI is InChI=1S/C26H33N3O4.C2HF3O2/c27-26(33)20-3-1-2-19(14-20)21-15-22-6-7-23(16-21)29(22)13-12-28(25(32)17-30)11-10-18-4-8-24(31)9-5-18;3-2(4,5)1(6)7/h1-5,8-9,14,21-23,30-31H,6-7,10-13,15-17H2,(H2,27,33);(H,6,7). The number of carboxylic acid groups (broad SMARTS) is 1. The molecule has 2 aliphatic heterocycles. The lowest BCUT2D eigenvalue weighted by atomic mass is 9.84. The van der Waals surface area contributed by atoms with E-state index in [1.54, 1.807) is 23.1 Å². The van der Waals surface area contributed by atoms with Crippen LogP contribution in [-0.4, -0.2) is 87.4 Å². The molecule has 9 nitrogen and oxygen atoms in total. The van der Waals surface area contributed by atoms with Crippen LogP contribution in [0.5, 0.6) is 5.75 Å². The van der Waals surface area contributed by atoms with Crippen LogP contribution < -0.4 is 5.73 Å². The number of aliphatic carboxylic acids is 1. The summed E-state index contributed by atoms with van der Waals surface area (Å²) in [6.45, 7) is 1.44. The van der Waals surface area contributed by atoms with Crippen LogP contribution in [0.4, 0.5) is 13.2 Å². The van der Waals surface area contributed by atoms with Crippen LogP contribution in [-0.2, 0) is 16.0 Å². The smallest absolute Gasteiger partial charge is 0.490 e. The number of aromatic hydroxyl groups is 1. The van der Waals surface area contributed by atoms with E-state index in [-0.39, 0.29) is 11.7 Å². The van der Waals surface area contributed by atoms with Gasteiger partial charge in [0.1, 0.15) is 12.4 Å². The molecule has 0 saturated carbocycles. The molecule has 2 amide bonds. The zero-order valence-electron chi connectivity index (χ0n) is 21.9. The predicted octanol–water partition coefficient (Wildman–Crippen LogP) is 2.90. The summed E-state index contributed by atoms with van der Waals surface area (Å²) in [4.78, 5) is 37.1. The average Bonchev–Trinajstić information content (AvgIpc) is 3.15. The first kappa shape index (κ1) is 30.9. The highest BCUT2D eigenvalue weighted by molar-refractivity contribution is 5.92. The number of carboxylic acids is 1. The first-order valence-electron chi connectivity index (χ1n) is 13.0. The summed E-state index contributed by atoms with van der Waals surface area (Å²) in [5.41, 5.74) is 8.26. The molecule has 0 aromatic heterocycles. The molecule has 0 aliphatic carbocycles. The number of phenols is 1. The molecule has 2 heterocycles. The number of piperidine rings is 1. The molecule has 2 aromatic rings. The minimum absolute atomic E-state index is 0.224. The van der Waals surface area contributed by atoms with E-state index in [9.17, 15) is 33.0 Å². The van der Waals surface area contributed by atoms with Crippen molar-refractivity contribution in [3.63, 3.8) is 0 Å². The lowest BCUT2D eigenvalue weighted by Crippen LogP contribution is -2.47. The number of carbonyl (C=O) groups excluding carboxylic acids is 2. The number of aliphatic hydroxyl groups is 1. The van der Waals surface area contributed by atoms with Crippen LogP contribution in [0.25, 0.3) is 0 Å². The molecule has 218 valence electrons. The fraction of sp³-hybridized carbons (Fsp3) is 0.464. The Hall–Kier alpha value is -3.64. The van der Waals surface area contributed by atoms with E-state index < -0.39 is 24.7 Å². The first-order valence-corrected chi connectivity index (χ1v) is 13.0. The van der Waals surface area contributed by atoms with Crippen molar-refractivity contribution in [2.75, 3.05) is 26.2 Å². The summed E-state index contributed by atoms with van der Waals surface area (Å²) in [6.07, 6.45) is -0.0201. The lowest BCUT2D eigenvalue weighted by molar-refractivity contribution is -0.192. The number of alkyl halides is 3. The van der Waals surface area contributed by atoms with Gasteiger partial charge in [-0.3, -0.25) is 14.5 Å². The van der Waals surface area contributed by atoms with Crippen LogP contribution in [0.1, 0.15) is 53.1 Å². The van der Waals surface area contributed by atoms with Crippen molar-refractivity contribution >= 4 is 17.8 Å². The Labute approximate surface area is 230 Å². The third-order valence-corrected chi connectivity index (χ3v) is 7.49. The molecule has 2 aliphatic rings. The Morgan fingerprint density at radius 3 is 2.12 bits per heavy atom. The molecule has 2 aromatic carbocycles. The van der Waals surface area contributed by atoms with E-state index in [0.717, 1.165) is 37.8 Å². The van der Waals surface area contributed by atoms with Crippen LogP contribution in [0, 0.1) is 0 Å². The van der Waals surface area contributed by atoms with Crippen molar-refractivity contribution in [3.05, 3.63) is 65.2 Å². The normalized spacial score (nSPS) is 20.4. The van der Waals surface area contributed by atoms with Crippen molar-refractivity contribution in [2.45, 2.75) is 56.3 Å². The molecule has 4 rings (SSSR count). The maximum absolute atomic E-state index is 12.3. The molecule has 0 spiro atoms. The van der Waals surface area contributed by atoms with Gasteiger partial charge in [-0.25, -0.2) is 4.79 Å². The summed E-state index contributed by atoms with van der Waals surface area (Å²) in [6, 6.07) is 15.7. The Morgan fingerprint density at radius 2 is 1.60 bits per heavy atom. The highest BCUT2D eigenvalue weighted by Crippen LogP contribution is 2.43. The molecule has 0 radical (unpaired) electrons. The van der Waals surface area contributed by atoms with Crippen LogP contribution >= 0.6 is 0 Å². The number of amides is 2. The Morgan fingerprint density at radius 1 is 1.00 bits per heavy atom. The topological polar surface area (TPSA) is 144 Å². The van der Waals surface area contributed by atoms with Gasteiger partial charge in [0, 0.05) is 37.3 Å². The lowest BCUT2D eigenvalue weighted by Gasteiger charge is -2.40. The van der Waals surface area contributed by atoms with E-state index in [4.69, 9.17) is 15.6 Å². The number of rotatable bonds is 9. The third kappa shape index (κ3) is 8.43. The second kappa shape index (κ2) is 13.6. The van der Waals surface area contributed by atoms with Gasteiger partial charge in [0.15, 0.2) is 0 Å². The van der Waals surface area contributed by atoms with Crippen molar-refractivity contribution in [2.24, 2.45) is 5.73 Å². The van der Waals surface area contributed by atoms with Crippen molar-refractivity contribution in [1.29, 1.82) is 0 Å². The number of primary amides is 1. The number of fused-ring (bicyclic) bond motifs is 2. The molecule has 12 heteroatoms. The van der Waals surface area contributed by atoms with Crippen molar-refractivity contribution in [1.82, 2.24) is 9.80 Å². The highest BCUT2D eigenvalue weighted by atomic mass is 19.4. The fourth-order valence-electron chi connectivity index (χ4n) is 5.48. The molecular weight excluding hydrogens is 531 g/mol. The molecule has 2 bridgehead atoms. The van der Waals surface area contributed by atoms with E-state index in [1.165, 1.54) is 5.56 Å². The molecule has 2 saturated heterocycles. The van der Waals surface area contributed by atoms with Gasteiger partial charge < -0.3 is 26.0 Å². The van der Waals surface area contributed by atoms with Gasteiger partial charge in [0.05, 0.1) is 0 Å².